The number of fused-ring (bicyclic) bond motifs is 3. The van der Waals surface area contributed by atoms with E-state index in [1.807, 2.05) is 10.6 Å². The largest absolute Gasteiger partial charge is 0.481 e. The number of esters is 1. The lowest BCUT2D eigenvalue weighted by Gasteiger charge is -2.12. The molecule has 0 spiro atoms. The van der Waals surface area contributed by atoms with Crippen molar-refractivity contribution in [1.29, 1.82) is 0 Å². The van der Waals surface area contributed by atoms with Crippen LogP contribution in [-0.2, 0) is 27.3 Å². The Morgan fingerprint density at radius 1 is 1.21 bits per heavy atom. The van der Waals surface area contributed by atoms with Gasteiger partial charge in [-0.25, -0.2) is 9.18 Å². The molecule has 2 aromatic carbocycles. The van der Waals surface area contributed by atoms with E-state index in [0.717, 1.165) is 22.2 Å². The molecule has 1 unspecified atom stereocenters. The van der Waals surface area contributed by atoms with Crippen molar-refractivity contribution in [1.82, 2.24) is 4.57 Å². The molecule has 150 valence electrons. The summed E-state index contributed by atoms with van der Waals surface area (Å²) < 4.78 is 26.7. The lowest BCUT2D eigenvalue weighted by Crippen LogP contribution is -2.19. The highest BCUT2D eigenvalue weighted by Crippen LogP contribution is 2.44. The van der Waals surface area contributed by atoms with E-state index < -0.39 is 17.8 Å². The second kappa shape index (κ2) is 7.58. The smallest absolute Gasteiger partial charge is 0.343 e. The second-order valence-corrected chi connectivity index (χ2v) is 7.05. The van der Waals surface area contributed by atoms with Crippen LogP contribution in [0.15, 0.2) is 42.5 Å². The molecule has 1 aromatic heterocycles. The second-order valence-electron chi connectivity index (χ2n) is 7.05. The molecular weight excluding hydrogens is 375 g/mol. The zero-order chi connectivity index (χ0) is 20.5. The number of benzene rings is 2. The minimum atomic E-state index is -0.504. The monoisotopic (exact) mass is 396 g/mol. The van der Waals surface area contributed by atoms with Gasteiger partial charge < -0.3 is 19.8 Å². The highest BCUT2D eigenvalue weighted by Gasteiger charge is 2.34. The maximum atomic E-state index is 14.3. The third kappa shape index (κ3) is 3.33. The molecule has 0 fully saturated rings. The van der Waals surface area contributed by atoms with Gasteiger partial charge >= 0.3 is 5.97 Å². The fourth-order valence-electron chi connectivity index (χ4n) is 4.10. The van der Waals surface area contributed by atoms with Crippen molar-refractivity contribution in [3.05, 3.63) is 65.1 Å². The van der Waals surface area contributed by atoms with Gasteiger partial charge in [0.2, 0.25) is 5.91 Å². The molecule has 1 aliphatic carbocycles. The summed E-state index contributed by atoms with van der Waals surface area (Å²) in [5, 5.41) is 0.740. The van der Waals surface area contributed by atoms with Gasteiger partial charge in [-0.1, -0.05) is 24.3 Å². The Labute approximate surface area is 167 Å². The summed E-state index contributed by atoms with van der Waals surface area (Å²) in [5.41, 5.74) is 8.78. The predicted molar refractivity (Wildman–Crippen MR) is 105 cm³/mol. The molecule has 0 saturated heterocycles. The van der Waals surface area contributed by atoms with Crippen LogP contribution in [0.1, 0.15) is 29.2 Å². The number of hydrogen-bond donors (Lipinski definition) is 1. The third-order valence-corrected chi connectivity index (χ3v) is 5.42. The number of ether oxygens (including phenoxy) is 2. The van der Waals surface area contributed by atoms with Gasteiger partial charge in [-0.3, -0.25) is 4.79 Å². The summed E-state index contributed by atoms with van der Waals surface area (Å²) in [6.45, 7) is 0.0779. The van der Waals surface area contributed by atoms with Crippen LogP contribution in [-0.4, -0.2) is 30.2 Å². The van der Waals surface area contributed by atoms with Crippen LogP contribution < -0.4 is 10.5 Å². The Morgan fingerprint density at radius 3 is 2.72 bits per heavy atom. The van der Waals surface area contributed by atoms with Gasteiger partial charge in [0, 0.05) is 16.6 Å². The Morgan fingerprint density at radius 2 is 2.00 bits per heavy atom. The standard InChI is InChI=1S/C22H21FN2O4/c1-28-19(26)12-29-18-8-4-7-16-21(18)20-14(22(24)27)9-10-17(20)25(16)11-13-5-2-3-6-15(13)23/h2-8,14H,9-12H2,1H3,(H2,24,27). The van der Waals surface area contributed by atoms with Gasteiger partial charge in [-0.05, 0) is 36.6 Å². The minimum absolute atomic E-state index is 0.246. The maximum absolute atomic E-state index is 14.3. The molecule has 0 saturated carbocycles. The summed E-state index contributed by atoms with van der Waals surface area (Å²) in [5.74, 6) is -1.17. The van der Waals surface area contributed by atoms with Crippen LogP contribution >= 0.6 is 0 Å². The van der Waals surface area contributed by atoms with E-state index in [1.54, 1.807) is 30.3 Å². The van der Waals surface area contributed by atoms with Crippen molar-refractivity contribution in [3.63, 3.8) is 0 Å². The molecule has 1 heterocycles. The Kier molecular flexibility index (Phi) is 4.96. The van der Waals surface area contributed by atoms with Crippen molar-refractivity contribution in [3.8, 4) is 5.75 Å². The van der Waals surface area contributed by atoms with Gasteiger partial charge in [0.15, 0.2) is 6.61 Å². The van der Waals surface area contributed by atoms with Crippen LogP contribution in [0.5, 0.6) is 5.75 Å². The van der Waals surface area contributed by atoms with Gasteiger partial charge in [-0.15, -0.1) is 0 Å². The number of nitrogens with two attached hydrogens (primary N) is 1. The first-order chi connectivity index (χ1) is 14.0. The molecule has 4 rings (SSSR count). The number of amides is 1. The highest BCUT2D eigenvalue weighted by atomic mass is 19.1. The summed E-state index contributed by atoms with van der Waals surface area (Å²) in [4.78, 5) is 23.6. The van der Waals surface area contributed by atoms with Crippen LogP contribution in [0.3, 0.4) is 0 Å². The lowest BCUT2D eigenvalue weighted by atomic mass is 9.99. The number of rotatable bonds is 6. The fourth-order valence-corrected chi connectivity index (χ4v) is 4.10. The fraction of sp³-hybridized carbons (Fsp3) is 0.273. The van der Waals surface area contributed by atoms with E-state index in [0.29, 0.717) is 30.7 Å². The van der Waals surface area contributed by atoms with Crippen molar-refractivity contribution in [2.45, 2.75) is 25.3 Å². The number of halogens is 1. The molecule has 3 aromatic rings. The normalized spacial score (nSPS) is 15.3. The van der Waals surface area contributed by atoms with Gasteiger partial charge in [0.05, 0.1) is 25.1 Å². The first-order valence-corrected chi connectivity index (χ1v) is 9.37. The van der Waals surface area contributed by atoms with Crippen molar-refractivity contribution in [2.24, 2.45) is 5.73 Å². The SMILES string of the molecule is COC(=O)COc1cccc2c1c1c(n2Cc2ccccc2F)CCC1C(N)=O. The Hall–Kier alpha value is -3.35. The molecule has 7 heteroatoms. The molecule has 2 N–H and O–H groups in total. The molecular formula is C22H21FN2O4. The molecule has 0 bridgehead atoms. The van der Waals surface area contributed by atoms with Crippen LogP contribution in [0.25, 0.3) is 10.9 Å². The Bertz CT molecular complexity index is 1110. The molecule has 0 aliphatic heterocycles. The molecule has 0 radical (unpaired) electrons. The molecule has 1 atom stereocenters. The van der Waals surface area contributed by atoms with Gasteiger partial charge in [0.25, 0.3) is 0 Å². The van der Waals surface area contributed by atoms with Crippen LogP contribution in [0.2, 0.25) is 0 Å². The van der Waals surface area contributed by atoms with E-state index in [2.05, 4.69) is 4.74 Å². The number of hydrogen-bond acceptors (Lipinski definition) is 4. The topological polar surface area (TPSA) is 83.6 Å². The van der Waals surface area contributed by atoms with Gasteiger partial charge in [0.1, 0.15) is 11.6 Å². The number of carbonyl (C=O) groups is 2. The predicted octanol–water partition coefficient (Wildman–Crippen LogP) is 2.90. The van der Waals surface area contributed by atoms with E-state index in [1.165, 1.54) is 13.2 Å². The summed E-state index contributed by atoms with van der Waals surface area (Å²) in [6.07, 6.45) is 1.25. The number of methoxy groups -OCH3 is 1. The third-order valence-electron chi connectivity index (χ3n) is 5.42. The molecule has 6 nitrogen and oxygen atoms in total. The van der Waals surface area contributed by atoms with E-state index in [-0.39, 0.29) is 12.4 Å². The quantitative estimate of drug-likeness (QED) is 0.650. The highest BCUT2D eigenvalue weighted by molar-refractivity contribution is 5.97. The van der Waals surface area contributed by atoms with Crippen molar-refractivity contribution in [2.75, 3.05) is 13.7 Å². The average molecular weight is 396 g/mol. The van der Waals surface area contributed by atoms with Crippen molar-refractivity contribution < 1.29 is 23.5 Å². The summed E-state index contributed by atoms with van der Waals surface area (Å²) in [6, 6.07) is 12.1. The molecule has 1 aliphatic rings. The number of aromatic nitrogens is 1. The molecule has 1 amide bonds. The zero-order valence-corrected chi connectivity index (χ0v) is 16.0. The van der Waals surface area contributed by atoms with Gasteiger partial charge in [-0.2, -0.15) is 0 Å². The zero-order valence-electron chi connectivity index (χ0n) is 16.0. The lowest BCUT2D eigenvalue weighted by molar-refractivity contribution is -0.142. The summed E-state index contributed by atoms with van der Waals surface area (Å²) in [7, 11) is 1.29. The van der Waals surface area contributed by atoms with Crippen LogP contribution in [0, 0.1) is 5.82 Å². The number of carbonyl (C=O) groups excluding carboxylic acids is 2. The number of nitrogens with zero attached hydrogens (tertiary/aromatic N) is 1. The molecule has 29 heavy (non-hydrogen) atoms. The Balaban J connectivity index is 1.88. The van der Waals surface area contributed by atoms with E-state index in [9.17, 15) is 14.0 Å². The average Bonchev–Trinajstić information content (AvgIpc) is 3.27. The van der Waals surface area contributed by atoms with Crippen LogP contribution in [0.4, 0.5) is 4.39 Å². The number of primary amides is 1. The summed E-state index contributed by atoms with van der Waals surface area (Å²) >= 11 is 0. The van der Waals surface area contributed by atoms with E-state index >= 15 is 0 Å². The minimum Gasteiger partial charge on any atom is -0.481 e. The van der Waals surface area contributed by atoms with Crippen molar-refractivity contribution >= 4 is 22.8 Å². The first-order valence-electron chi connectivity index (χ1n) is 9.37. The first kappa shape index (κ1) is 19.0. The maximum Gasteiger partial charge on any atom is 0.343 e. The van der Waals surface area contributed by atoms with E-state index in [4.69, 9.17) is 10.5 Å².